The minimum atomic E-state index is -0.0399. The van der Waals surface area contributed by atoms with Gasteiger partial charge in [-0.25, -0.2) is 4.68 Å². The van der Waals surface area contributed by atoms with Crippen molar-refractivity contribution < 1.29 is 0 Å². The predicted molar refractivity (Wildman–Crippen MR) is 85.1 cm³/mol. The molecule has 2 rings (SSSR count). The Labute approximate surface area is 126 Å². The molecule has 1 fully saturated rings. The van der Waals surface area contributed by atoms with Gasteiger partial charge in [-0.2, -0.15) is 16.9 Å². The van der Waals surface area contributed by atoms with Crippen LogP contribution < -0.4 is 10.9 Å². The van der Waals surface area contributed by atoms with Crippen molar-refractivity contribution in [1.82, 2.24) is 9.78 Å². The first-order chi connectivity index (χ1) is 9.22. The molecule has 1 aliphatic rings. The second kappa shape index (κ2) is 7.33. The van der Waals surface area contributed by atoms with Gasteiger partial charge in [0.2, 0.25) is 0 Å². The van der Waals surface area contributed by atoms with Crippen molar-refractivity contribution in [2.24, 2.45) is 0 Å². The summed E-state index contributed by atoms with van der Waals surface area (Å²) in [5.41, 5.74) is 0.784. The number of hydrogen-bond acceptors (Lipinski definition) is 4. The Morgan fingerprint density at radius 2 is 2.47 bits per heavy atom. The minimum Gasteiger partial charge on any atom is -0.379 e. The number of thioether (sulfide) groups is 1. The number of aryl methyl sites for hydroxylation is 1. The predicted octanol–water partition coefficient (Wildman–Crippen LogP) is 3.11. The van der Waals surface area contributed by atoms with Crippen LogP contribution in [0, 0.1) is 0 Å². The quantitative estimate of drug-likeness (QED) is 0.890. The molecule has 1 saturated heterocycles. The van der Waals surface area contributed by atoms with Gasteiger partial charge in [0.05, 0.1) is 11.9 Å². The second-order valence-electron chi connectivity index (χ2n) is 4.81. The van der Waals surface area contributed by atoms with Crippen LogP contribution in [0.4, 0.5) is 5.69 Å². The van der Waals surface area contributed by atoms with Gasteiger partial charge in [0.1, 0.15) is 4.47 Å². The summed E-state index contributed by atoms with van der Waals surface area (Å²) in [6.45, 7) is 2.80. The highest BCUT2D eigenvalue weighted by atomic mass is 79.9. The SMILES string of the molecule is CCCCn1ncc(NC2CCCSC2)c(Br)c1=O. The van der Waals surface area contributed by atoms with Crippen molar-refractivity contribution in [3.05, 3.63) is 21.0 Å². The highest BCUT2D eigenvalue weighted by Crippen LogP contribution is 2.23. The third-order valence-electron chi connectivity index (χ3n) is 3.23. The maximum Gasteiger partial charge on any atom is 0.283 e. The third kappa shape index (κ3) is 3.99. The molecule has 106 valence electrons. The van der Waals surface area contributed by atoms with E-state index in [9.17, 15) is 4.79 Å². The molecule has 0 amide bonds. The maximum absolute atomic E-state index is 12.1. The first-order valence-corrected chi connectivity index (χ1v) is 8.77. The van der Waals surface area contributed by atoms with E-state index in [2.05, 4.69) is 33.3 Å². The Hall–Kier alpha value is -0.490. The Morgan fingerprint density at radius 3 is 3.16 bits per heavy atom. The monoisotopic (exact) mass is 345 g/mol. The van der Waals surface area contributed by atoms with Crippen LogP contribution >= 0.6 is 27.7 Å². The van der Waals surface area contributed by atoms with Crippen LogP contribution in [0.3, 0.4) is 0 Å². The molecule has 4 nitrogen and oxygen atoms in total. The molecule has 0 aliphatic carbocycles. The molecule has 1 N–H and O–H groups in total. The van der Waals surface area contributed by atoms with Gasteiger partial charge in [-0.3, -0.25) is 4.79 Å². The number of aromatic nitrogens is 2. The summed E-state index contributed by atoms with van der Waals surface area (Å²) in [6.07, 6.45) is 6.20. The van der Waals surface area contributed by atoms with E-state index in [4.69, 9.17) is 0 Å². The van der Waals surface area contributed by atoms with E-state index in [0.29, 0.717) is 17.1 Å². The molecule has 0 bridgehead atoms. The lowest BCUT2D eigenvalue weighted by molar-refractivity contribution is 0.540. The van der Waals surface area contributed by atoms with Crippen molar-refractivity contribution in [2.75, 3.05) is 16.8 Å². The molecule has 1 unspecified atom stereocenters. The largest absolute Gasteiger partial charge is 0.379 e. The Balaban J connectivity index is 2.09. The van der Waals surface area contributed by atoms with Gasteiger partial charge >= 0.3 is 0 Å². The van der Waals surface area contributed by atoms with Crippen molar-refractivity contribution in [3.8, 4) is 0 Å². The minimum absolute atomic E-state index is 0.0399. The number of nitrogens with one attached hydrogen (secondary N) is 1. The van der Waals surface area contributed by atoms with E-state index in [1.807, 2.05) is 11.8 Å². The first-order valence-electron chi connectivity index (χ1n) is 6.82. The fourth-order valence-corrected chi connectivity index (χ4v) is 3.60. The Morgan fingerprint density at radius 1 is 1.63 bits per heavy atom. The van der Waals surface area contributed by atoms with Crippen LogP contribution in [-0.2, 0) is 6.54 Å². The highest BCUT2D eigenvalue weighted by molar-refractivity contribution is 9.10. The zero-order valence-corrected chi connectivity index (χ0v) is 13.6. The van der Waals surface area contributed by atoms with Crippen molar-refractivity contribution in [2.45, 2.75) is 45.2 Å². The average molecular weight is 346 g/mol. The molecule has 0 spiro atoms. The molecule has 1 aromatic heterocycles. The summed E-state index contributed by atoms with van der Waals surface area (Å²) in [5.74, 6) is 2.35. The van der Waals surface area contributed by atoms with Crippen molar-refractivity contribution >= 4 is 33.4 Å². The van der Waals surface area contributed by atoms with E-state index in [0.717, 1.165) is 24.3 Å². The number of nitrogens with zero attached hydrogens (tertiary/aromatic N) is 2. The van der Waals surface area contributed by atoms with E-state index in [-0.39, 0.29) is 5.56 Å². The van der Waals surface area contributed by atoms with Gasteiger partial charge in [-0.15, -0.1) is 0 Å². The van der Waals surface area contributed by atoms with Crippen LogP contribution in [0.1, 0.15) is 32.6 Å². The lowest BCUT2D eigenvalue weighted by Crippen LogP contribution is -2.29. The lowest BCUT2D eigenvalue weighted by atomic mass is 10.2. The average Bonchev–Trinajstić information content (AvgIpc) is 2.44. The molecule has 0 saturated carbocycles. The van der Waals surface area contributed by atoms with Crippen LogP contribution in [0.15, 0.2) is 15.5 Å². The molecule has 1 aliphatic heterocycles. The summed E-state index contributed by atoms with van der Waals surface area (Å²) in [7, 11) is 0. The Kier molecular flexibility index (Phi) is 5.76. The fraction of sp³-hybridized carbons (Fsp3) is 0.692. The van der Waals surface area contributed by atoms with Crippen LogP contribution in [-0.4, -0.2) is 27.3 Å². The summed E-state index contributed by atoms with van der Waals surface area (Å²) in [6, 6.07) is 0.447. The normalized spacial score (nSPS) is 19.4. The number of rotatable bonds is 5. The van der Waals surface area contributed by atoms with Gasteiger partial charge < -0.3 is 5.32 Å². The van der Waals surface area contributed by atoms with E-state index in [1.54, 1.807) is 6.20 Å². The number of unbranched alkanes of at least 4 members (excludes halogenated alkanes) is 1. The smallest absolute Gasteiger partial charge is 0.283 e. The molecular formula is C13H20BrN3OS. The highest BCUT2D eigenvalue weighted by Gasteiger charge is 2.16. The molecule has 0 radical (unpaired) electrons. The van der Waals surface area contributed by atoms with Crippen LogP contribution in [0.25, 0.3) is 0 Å². The molecule has 1 aromatic rings. The Bertz CT molecular complexity index is 471. The standard InChI is InChI=1S/C13H20BrN3OS/c1-2-3-6-17-13(18)12(14)11(8-15-17)16-10-5-4-7-19-9-10/h8,10,16H,2-7,9H2,1H3. The maximum atomic E-state index is 12.1. The zero-order chi connectivity index (χ0) is 13.7. The number of halogens is 1. The molecule has 0 aromatic carbocycles. The van der Waals surface area contributed by atoms with Crippen LogP contribution in [0.2, 0.25) is 0 Å². The van der Waals surface area contributed by atoms with Gasteiger partial charge in [0.15, 0.2) is 0 Å². The second-order valence-corrected chi connectivity index (χ2v) is 6.76. The van der Waals surface area contributed by atoms with Crippen LogP contribution in [0.5, 0.6) is 0 Å². The third-order valence-corrected chi connectivity index (χ3v) is 5.21. The summed E-state index contributed by atoms with van der Waals surface area (Å²) >= 11 is 5.37. The van der Waals surface area contributed by atoms with E-state index in [1.165, 1.54) is 23.3 Å². The van der Waals surface area contributed by atoms with Gasteiger partial charge in [-0.1, -0.05) is 13.3 Å². The molecule has 1 atom stereocenters. The van der Waals surface area contributed by atoms with E-state index >= 15 is 0 Å². The summed E-state index contributed by atoms with van der Waals surface area (Å²) in [5, 5.41) is 7.68. The van der Waals surface area contributed by atoms with Gasteiger partial charge in [0.25, 0.3) is 5.56 Å². The van der Waals surface area contributed by atoms with Crippen molar-refractivity contribution in [1.29, 1.82) is 0 Å². The van der Waals surface area contributed by atoms with E-state index < -0.39 is 0 Å². The topological polar surface area (TPSA) is 46.9 Å². The van der Waals surface area contributed by atoms with Gasteiger partial charge in [-0.05, 0) is 40.9 Å². The molecule has 2 heterocycles. The van der Waals surface area contributed by atoms with Crippen molar-refractivity contribution in [3.63, 3.8) is 0 Å². The zero-order valence-electron chi connectivity index (χ0n) is 11.2. The lowest BCUT2D eigenvalue weighted by Gasteiger charge is -2.23. The first kappa shape index (κ1) is 14.9. The summed E-state index contributed by atoms with van der Waals surface area (Å²) in [4.78, 5) is 12.1. The molecular weight excluding hydrogens is 326 g/mol. The van der Waals surface area contributed by atoms with Gasteiger partial charge in [0, 0.05) is 18.3 Å². The number of anilines is 1. The molecule has 19 heavy (non-hydrogen) atoms. The summed E-state index contributed by atoms with van der Waals surface area (Å²) < 4.78 is 2.14. The molecule has 6 heteroatoms. The fourth-order valence-electron chi connectivity index (χ4n) is 2.11. The number of hydrogen-bond donors (Lipinski definition) is 1.